The van der Waals surface area contributed by atoms with E-state index in [0.717, 1.165) is 0 Å². The molecule has 1 aromatic carbocycles. The number of nitrogens with zero attached hydrogens (tertiary/aromatic N) is 1. The fraction of sp³-hybridized carbons (Fsp3) is 0.385. The van der Waals surface area contributed by atoms with Crippen molar-refractivity contribution in [3.63, 3.8) is 0 Å². The maximum atomic E-state index is 11.8. The highest BCUT2D eigenvalue weighted by molar-refractivity contribution is 5.77. The van der Waals surface area contributed by atoms with Gasteiger partial charge in [0.2, 0.25) is 0 Å². The van der Waals surface area contributed by atoms with Crippen LogP contribution in [0.1, 0.15) is 5.82 Å². The van der Waals surface area contributed by atoms with Gasteiger partial charge < -0.3 is 20.1 Å². The molecule has 19 heavy (non-hydrogen) atoms. The zero-order chi connectivity index (χ0) is 13.7. The molecule has 1 aromatic heterocycles. The minimum Gasteiger partial charge on any atom is -0.395 e. The Kier molecular flexibility index (Phi) is 4.62. The second-order valence-corrected chi connectivity index (χ2v) is 4.25. The normalized spacial score (nSPS) is 12.7. The summed E-state index contributed by atoms with van der Waals surface area (Å²) in [6.07, 6.45) is 0. The van der Waals surface area contributed by atoms with E-state index in [1.54, 1.807) is 25.3 Å². The highest BCUT2D eigenvalue weighted by Gasteiger charge is 2.08. The standard InChI is InChI=1S/C13H17N3O3/c1-19-8-9(7-17)14-6-12-15-11-5-3-2-4-10(11)13(18)16-12/h2-5,9,14,17H,6-8H2,1H3,(H,15,16,18). The number of methoxy groups -OCH3 is 1. The second-order valence-electron chi connectivity index (χ2n) is 4.25. The Morgan fingerprint density at radius 2 is 2.26 bits per heavy atom. The van der Waals surface area contributed by atoms with E-state index in [2.05, 4.69) is 15.3 Å². The van der Waals surface area contributed by atoms with E-state index in [0.29, 0.717) is 29.9 Å². The van der Waals surface area contributed by atoms with Crippen LogP contribution in [0.25, 0.3) is 10.9 Å². The quantitative estimate of drug-likeness (QED) is 0.684. The Hall–Kier alpha value is -1.76. The van der Waals surface area contributed by atoms with Crippen LogP contribution >= 0.6 is 0 Å². The molecule has 2 aromatic rings. The van der Waals surface area contributed by atoms with Gasteiger partial charge in [0.1, 0.15) is 5.82 Å². The molecule has 0 amide bonds. The van der Waals surface area contributed by atoms with E-state index < -0.39 is 0 Å². The van der Waals surface area contributed by atoms with Crippen LogP contribution in [0.15, 0.2) is 29.1 Å². The van der Waals surface area contributed by atoms with E-state index in [4.69, 9.17) is 9.84 Å². The van der Waals surface area contributed by atoms with Crippen LogP contribution in [-0.2, 0) is 11.3 Å². The van der Waals surface area contributed by atoms with Crippen molar-refractivity contribution in [1.29, 1.82) is 0 Å². The van der Waals surface area contributed by atoms with Gasteiger partial charge >= 0.3 is 0 Å². The van der Waals surface area contributed by atoms with Gasteiger partial charge in [-0.15, -0.1) is 0 Å². The third kappa shape index (κ3) is 3.37. The fourth-order valence-corrected chi connectivity index (χ4v) is 1.84. The van der Waals surface area contributed by atoms with Crippen molar-refractivity contribution in [1.82, 2.24) is 15.3 Å². The zero-order valence-corrected chi connectivity index (χ0v) is 10.7. The average molecular weight is 263 g/mol. The lowest BCUT2D eigenvalue weighted by atomic mass is 10.2. The third-order valence-corrected chi connectivity index (χ3v) is 2.81. The number of rotatable bonds is 6. The number of aromatic nitrogens is 2. The number of H-pyrrole nitrogens is 1. The monoisotopic (exact) mass is 263 g/mol. The largest absolute Gasteiger partial charge is 0.395 e. The van der Waals surface area contributed by atoms with Gasteiger partial charge in [-0.3, -0.25) is 4.79 Å². The molecule has 2 rings (SSSR count). The number of aliphatic hydroxyl groups is 1. The van der Waals surface area contributed by atoms with Gasteiger partial charge in [0.05, 0.1) is 36.7 Å². The Morgan fingerprint density at radius 3 is 3.00 bits per heavy atom. The maximum absolute atomic E-state index is 11.8. The summed E-state index contributed by atoms with van der Waals surface area (Å²) in [5.74, 6) is 0.540. The number of hydrogen-bond donors (Lipinski definition) is 3. The molecule has 102 valence electrons. The van der Waals surface area contributed by atoms with Crippen molar-refractivity contribution >= 4 is 10.9 Å². The topological polar surface area (TPSA) is 87.2 Å². The zero-order valence-electron chi connectivity index (χ0n) is 10.7. The van der Waals surface area contributed by atoms with Gasteiger partial charge in [-0.1, -0.05) is 12.1 Å². The first kappa shape index (κ1) is 13.7. The molecule has 0 aliphatic carbocycles. The number of para-hydroxylation sites is 1. The number of hydrogen-bond acceptors (Lipinski definition) is 5. The second kappa shape index (κ2) is 6.42. The Balaban J connectivity index is 2.15. The van der Waals surface area contributed by atoms with Crippen molar-refractivity contribution in [3.05, 3.63) is 40.4 Å². The van der Waals surface area contributed by atoms with Crippen molar-refractivity contribution in [2.24, 2.45) is 0 Å². The average Bonchev–Trinajstić information content (AvgIpc) is 2.43. The van der Waals surface area contributed by atoms with E-state index in [-0.39, 0.29) is 18.2 Å². The molecule has 1 unspecified atom stereocenters. The molecule has 0 saturated carbocycles. The number of ether oxygens (including phenoxy) is 1. The van der Waals surface area contributed by atoms with Crippen LogP contribution in [0.2, 0.25) is 0 Å². The molecule has 0 radical (unpaired) electrons. The summed E-state index contributed by atoms with van der Waals surface area (Å²) in [5.41, 5.74) is 0.505. The van der Waals surface area contributed by atoms with E-state index in [9.17, 15) is 4.79 Å². The number of benzene rings is 1. The first-order valence-corrected chi connectivity index (χ1v) is 6.05. The van der Waals surface area contributed by atoms with Gasteiger partial charge in [-0.25, -0.2) is 4.98 Å². The molecule has 0 aliphatic rings. The lowest BCUT2D eigenvalue weighted by Gasteiger charge is -2.14. The molecule has 0 aliphatic heterocycles. The predicted molar refractivity (Wildman–Crippen MR) is 72.0 cm³/mol. The first-order valence-electron chi connectivity index (χ1n) is 6.05. The molecule has 6 heteroatoms. The molecule has 6 nitrogen and oxygen atoms in total. The van der Waals surface area contributed by atoms with Gasteiger partial charge in [0.15, 0.2) is 0 Å². The highest BCUT2D eigenvalue weighted by Crippen LogP contribution is 2.05. The Bertz CT molecular complexity index is 597. The molecule has 0 fully saturated rings. The highest BCUT2D eigenvalue weighted by atomic mass is 16.5. The summed E-state index contributed by atoms with van der Waals surface area (Å²) in [5, 5.41) is 12.8. The minimum atomic E-state index is -0.179. The molecular formula is C13H17N3O3. The number of aliphatic hydroxyl groups excluding tert-OH is 1. The van der Waals surface area contributed by atoms with Crippen LogP contribution in [0.5, 0.6) is 0 Å². The summed E-state index contributed by atoms with van der Waals surface area (Å²) < 4.78 is 4.96. The molecule has 0 spiro atoms. The first-order chi connectivity index (χ1) is 9.24. The molecule has 0 saturated heterocycles. The number of nitrogens with one attached hydrogen (secondary N) is 2. The molecule has 1 heterocycles. The molecule has 3 N–H and O–H groups in total. The predicted octanol–water partition coefficient (Wildman–Crippen LogP) is 0.0200. The smallest absolute Gasteiger partial charge is 0.258 e. The lowest BCUT2D eigenvalue weighted by Crippen LogP contribution is -2.36. The van der Waals surface area contributed by atoms with Gasteiger partial charge in [0.25, 0.3) is 5.56 Å². The van der Waals surface area contributed by atoms with Crippen molar-refractivity contribution in [2.45, 2.75) is 12.6 Å². The fourth-order valence-electron chi connectivity index (χ4n) is 1.84. The number of fused-ring (bicyclic) bond motifs is 1. The molecule has 0 bridgehead atoms. The minimum absolute atomic E-state index is 0.0361. The van der Waals surface area contributed by atoms with E-state index >= 15 is 0 Å². The maximum Gasteiger partial charge on any atom is 0.258 e. The van der Waals surface area contributed by atoms with Crippen LogP contribution < -0.4 is 10.9 Å². The van der Waals surface area contributed by atoms with Crippen LogP contribution in [0.4, 0.5) is 0 Å². The van der Waals surface area contributed by atoms with Crippen LogP contribution in [-0.4, -0.2) is 41.4 Å². The summed E-state index contributed by atoms with van der Waals surface area (Å²) in [4.78, 5) is 18.9. The summed E-state index contributed by atoms with van der Waals surface area (Å²) in [6.45, 7) is 0.731. The van der Waals surface area contributed by atoms with Gasteiger partial charge in [-0.05, 0) is 12.1 Å². The van der Waals surface area contributed by atoms with E-state index in [1.165, 1.54) is 0 Å². The van der Waals surface area contributed by atoms with Crippen LogP contribution in [0.3, 0.4) is 0 Å². The van der Waals surface area contributed by atoms with Gasteiger partial charge in [-0.2, -0.15) is 0 Å². The Morgan fingerprint density at radius 1 is 1.47 bits per heavy atom. The SMILES string of the molecule is COCC(CO)NCc1nc2ccccc2c(=O)[nH]1. The summed E-state index contributed by atoms with van der Waals surface area (Å²) in [7, 11) is 1.57. The van der Waals surface area contributed by atoms with Crippen molar-refractivity contribution in [3.8, 4) is 0 Å². The summed E-state index contributed by atoms with van der Waals surface area (Å²) >= 11 is 0. The summed E-state index contributed by atoms with van der Waals surface area (Å²) in [6, 6.07) is 7.00. The van der Waals surface area contributed by atoms with Crippen molar-refractivity contribution < 1.29 is 9.84 Å². The van der Waals surface area contributed by atoms with Crippen molar-refractivity contribution in [2.75, 3.05) is 20.3 Å². The third-order valence-electron chi connectivity index (χ3n) is 2.81. The number of aromatic amines is 1. The molecular weight excluding hydrogens is 246 g/mol. The Labute approximate surface area is 110 Å². The van der Waals surface area contributed by atoms with E-state index in [1.807, 2.05) is 6.07 Å². The van der Waals surface area contributed by atoms with Crippen LogP contribution in [0, 0.1) is 0 Å². The molecule has 1 atom stereocenters. The van der Waals surface area contributed by atoms with Gasteiger partial charge in [0, 0.05) is 7.11 Å². The lowest BCUT2D eigenvalue weighted by molar-refractivity contribution is 0.127.